The van der Waals surface area contributed by atoms with E-state index in [4.69, 9.17) is 0 Å². The van der Waals surface area contributed by atoms with Gasteiger partial charge in [-0.15, -0.1) is 0 Å². The zero-order chi connectivity index (χ0) is 15.5. The van der Waals surface area contributed by atoms with Crippen LogP contribution >= 0.6 is 0 Å². The maximum Gasteiger partial charge on any atom is 0.281 e. The van der Waals surface area contributed by atoms with Gasteiger partial charge in [0.25, 0.3) is 10.0 Å². The summed E-state index contributed by atoms with van der Waals surface area (Å²) in [5, 5.41) is 15.5. The Hall–Kier alpha value is -1.86. The van der Waals surface area contributed by atoms with Gasteiger partial charge in [-0.25, -0.2) is 0 Å². The Morgan fingerprint density at radius 1 is 1.33 bits per heavy atom. The van der Waals surface area contributed by atoms with E-state index in [1.54, 1.807) is 19.1 Å². The van der Waals surface area contributed by atoms with Gasteiger partial charge in [-0.2, -0.15) is 13.5 Å². The van der Waals surface area contributed by atoms with Crippen molar-refractivity contribution in [2.45, 2.75) is 38.3 Å². The third-order valence-corrected chi connectivity index (χ3v) is 4.57. The molecule has 0 saturated carbocycles. The van der Waals surface area contributed by atoms with E-state index >= 15 is 0 Å². The molecule has 2 rings (SSSR count). The second-order valence-electron chi connectivity index (χ2n) is 4.80. The Labute approximate surface area is 124 Å². The van der Waals surface area contributed by atoms with Crippen LogP contribution in [0.5, 0.6) is 0 Å². The van der Waals surface area contributed by atoms with Crippen LogP contribution in [0.1, 0.15) is 30.2 Å². The van der Waals surface area contributed by atoms with Gasteiger partial charge in [-0.3, -0.25) is 9.82 Å². The molecule has 0 bridgehead atoms. The van der Waals surface area contributed by atoms with E-state index in [1.807, 2.05) is 19.1 Å². The molecule has 0 aliphatic rings. The minimum atomic E-state index is -3.83. The van der Waals surface area contributed by atoms with Crippen LogP contribution in [0, 0.1) is 6.92 Å². The Balaban J connectivity index is 2.38. The molecule has 0 fully saturated rings. The van der Waals surface area contributed by atoms with Gasteiger partial charge in [0.1, 0.15) is 0 Å². The van der Waals surface area contributed by atoms with Crippen molar-refractivity contribution in [3.8, 4) is 0 Å². The summed E-state index contributed by atoms with van der Waals surface area (Å²) >= 11 is 0. The summed E-state index contributed by atoms with van der Waals surface area (Å²) in [7, 11) is -3.83. The number of nitrogens with zero attached hydrogens (tertiary/aromatic N) is 1. The van der Waals surface area contributed by atoms with E-state index in [9.17, 15) is 13.5 Å². The van der Waals surface area contributed by atoms with Crippen LogP contribution < -0.4 is 4.72 Å². The summed E-state index contributed by atoms with van der Waals surface area (Å²) in [6.45, 7) is 3.32. The van der Waals surface area contributed by atoms with Crippen molar-refractivity contribution in [3.63, 3.8) is 0 Å². The van der Waals surface area contributed by atoms with Crippen LogP contribution in [0.2, 0.25) is 0 Å². The van der Waals surface area contributed by atoms with Crippen LogP contribution in [0.25, 0.3) is 0 Å². The molecule has 6 nitrogen and oxygen atoms in total. The third kappa shape index (κ3) is 3.25. The van der Waals surface area contributed by atoms with Gasteiger partial charge >= 0.3 is 0 Å². The van der Waals surface area contributed by atoms with E-state index in [-0.39, 0.29) is 17.2 Å². The number of aromatic amines is 1. The lowest BCUT2D eigenvalue weighted by Gasteiger charge is -2.11. The summed E-state index contributed by atoms with van der Waals surface area (Å²) in [4.78, 5) is 0. The lowest BCUT2D eigenvalue weighted by Crippen LogP contribution is -2.16. The first-order valence-corrected chi connectivity index (χ1v) is 8.23. The van der Waals surface area contributed by atoms with Gasteiger partial charge in [0.15, 0.2) is 0 Å². The fourth-order valence-corrected chi connectivity index (χ4v) is 3.43. The fraction of sp³-hybridized carbons (Fsp3) is 0.357. The molecule has 1 heterocycles. The molecule has 3 N–H and O–H groups in total. The maximum absolute atomic E-state index is 12.4. The lowest BCUT2D eigenvalue weighted by molar-refractivity contribution is 0.277. The largest absolute Gasteiger partial charge is 0.392 e. The zero-order valence-electron chi connectivity index (χ0n) is 12.0. The molecule has 0 aliphatic heterocycles. The molecule has 0 saturated heterocycles. The van der Waals surface area contributed by atoms with E-state index < -0.39 is 10.0 Å². The predicted molar refractivity (Wildman–Crippen MR) is 80.5 cm³/mol. The summed E-state index contributed by atoms with van der Waals surface area (Å²) in [6, 6.07) is 7.27. The Bertz CT molecular complexity index is 723. The number of sulfonamides is 1. The number of benzene rings is 1. The molecule has 0 radical (unpaired) electrons. The number of hydrogen-bond donors (Lipinski definition) is 3. The minimum Gasteiger partial charge on any atom is -0.392 e. The van der Waals surface area contributed by atoms with Crippen molar-refractivity contribution in [3.05, 3.63) is 41.1 Å². The highest BCUT2D eigenvalue weighted by Crippen LogP contribution is 2.23. The van der Waals surface area contributed by atoms with Gasteiger partial charge in [-0.1, -0.05) is 31.5 Å². The first kappa shape index (κ1) is 15.5. The van der Waals surface area contributed by atoms with E-state index in [0.29, 0.717) is 11.4 Å². The molecule has 114 valence electrons. The van der Waals surface area contributed by atoms with Gasteiger partial charge in [-0.05, 0) is 25.0 Å². The van der Waals surface area contributed by atoms with Crippen LogP contribution in [0.4, 0.5) is 5.69 Å². The molecule has 1 aromatic heterocycles. The van der Waals surface area contributed by atoms with Gasteiger partial charge < -0.3 is 5.11 Å². The van der Waals surface area contributed by atoms with Gasteiger partial charge in [0.2, 0.25) is 5.03 Å². The number of H-pyrrole nitrogens is 1. The van der Waals surface area contributed by atoms with Crippen LogP contribution in [0.3, 0.4) is 0 Å². The normalized spacial score (nSPS) is 11.6. The number of hydrogen-bond acceptors (Lipinski definition) is 4. The van der Waals surface area contributed by atoms with E-state index in [1.165, 1.54) is 0 Å². The highest BCUT2D eigenvalue weighted by atomic mass is 32.2. The molecule has 0 aliphatic carbocycles. The number of anilines is 1. The first-order chi connectivity index (χ1) is 9.99. The molecule has 2 aromatic rings. The maximum atomic E-state index is 12.4. The molecule has 0 unspecified atom stereocenters. The molecule has 0 amide bonds. The minimum absolute atomic E-state index is 0.159. The topological polar surface area (TPSA) is 95.1 Å². The van der Waals surface area contributed by atoms with Crippen LogP contribution in [-0.2, 0) is 23.1 Å². The second kappa shape index (κ2) is 6.28. The monoisotopic (exact) mass is 309 g/mol. The highest BCUT2D eigenvalue weighted by molar-refractivity contribution is 7.92. The molecular weight excluding hydrogens is 290 g/mol. The lowest BCUT2D eigenvalue weighted by atomic mass is 10.1. The quantitative estimate of drug-likeness (QED) is 0.760. The Morgan fingerprint density at radius 2 is 2.05 bits per heavy atom. The molecule has 0 spiro atoms. The summed E-state index contributed by atoms with van der Waals surface area (Å²) in [6.07, 6.45) is 1.70. The van der Waals surface area contributed by atoms with E-state index in [2.05, 4.69) is 14.9 Å². The van der Waals surface area contributed by atoms with E-state index in [0.717, 1.165) is 18.4 Å². The molecule has 7 heteroatoms. The number of aliphatic hydroxyl groups excluding tert-OH is 1. The first-order valence-electron chi connectivity index (χ1n) is 6.75. The van der Waals surface area contributed by atoms with Gasteiger partial charge in [0.05, 0.1) is 12.3 Å². The highest BCUT2D eigenvalue weighted by Gasteiger charge is 2.24. The number of rotatable bonds is 6. The predicted octanol–water partition coefficient (Wildman–Crippen LogP) is 1.96. The number of aromatic nitrogens is 2. The number of para-hydroxylation sites is 1. The number of aryl methyl sites for hydroxylation is 2. The SMILES string of the molecule is CCCc1ccccc1NS(=O)(=O)c1n[nH]c(C)c1CO. The van der Waals surface area contributed by atoms with Crippen molar-refractivity contribution in [2.75, 3.05) is 4.72 Å². The fourth-order valence-electron chi connectivity index (χ4n) is 2.14. The van der Waals surface area contributed by atoms with Crippen molar-refractivity contribution in [1.82, 2.24) is 10.2 Å². The standard InChI is InChI=1S/C14H19N3O3S/c1-3-6-11-7-4-5-8-13(11)17-21(19,20)14-12(9-18)10(2)15-16-14/h4-5,7-8,17-18H,3,6,9H2,1-2H3,(H,15,16). The smallest absolute Gasteiger partial charge is 0.281 e. The second-order valence-corrected chi connectivity index (χ2v) is 6.40. The average molecular weight is 309 g/mol. The van der Waals surface area contributed by atoms with Crippen molar-refractivity contribution in [2.24, 2.45) is 0 Å². The van der Waals surface area contributed by atoms with Crippen LogP contribution in [0.15, 0.2) is 29.3 Å². The molecule has 1 aromatic carbocycles. The number of nitrogens with one attached hydrogen (secondary N) is 2. The molecular formula is C14H19N3O3S. The third-order valence-electron chi connectivity index (χ3n) is 3.23. The molecule has 0 atom stereocenters. The number of aliphatic hydroxyl groups is 1. The van der Waals surface area contributed by atoms with Gasteiger partial charge in [0, 0.05) is 11.3 Å². The van der Waals surface area contributed by atoms with Crippen molar-refractivity contribution < 1.29 is 13.5 Å². The van der Waals surface area contributed by atoms with Crippen molar-refractivity contribution >= 4 is 15.7 Å². The Morgan fingerprint density at radius 3 is 2.71 bits per heavy atom. The Kier molecular flexibility index (Phi) is 4.64. The van der Waals surface area contributed by atoms with Crippen LogP contribution in [-0.4, -0.2) is 23.7 Å². The summed E-state index contributed by atoms with van der Waals surface area (Å²) in [5.41, 5.74) is 2.31. The van der Waals surface area contributed by atoms with Crippen molar-refractivity contribution in [1.29, 1.82) is 0 Å². The zero-order valence-corrected chi connectivity index (χ0v) is 12.9. The molecule has 21 heavy (non-hydrogen) atoms. The summed E-state index contributed by atoms with van der Waals surface area (Å²) < 4.78 is 27.4. The average Bonchev–Trinajstić information content (AvgIpc) is 2.83. The summed E-state index contributed by atoms with van der Waals surface area (Å²) in [5.74, 6) is 0.